The van der Waals surface area contributed by atoms with Gasteiger partial charge in [-0.3, -0.25) is 9.59 Å². The smallest absolute Gasteiger partial charge is 0.240 e. The van der Waals surface area contributed by atoms with E-state index in [9.17, 15) is 9.59 Å². The number of amides is 2. The van der Waals surface area contributed by atoms with Gasteiger partial charge in [0.05, 0.1) is 11.6 Å². The Hall–Kier alpha value is -2.61. The zero-order valence-corrected chi connectivity index (χ0v) is 11.0. The maximum Gasteiger partial charge on any atom is 0.240 e. The van der Waals surface area contributed by atoms with Crippen molar-refractivity contribution >= 4 is 17.5 Å². The van der Waals surface area contributed by atoms with Crippen molar-refractivity contribution in [1.82, 2.24) is 5.32 Å². The first-order chi connectivity index (χ1) is 9.62. The Bertz CT molecular complexity index is 580. The van der Waals surface area contributed by atoms with Crippen LogP contribution in [0.2, 0.25) is 0 Å². The van der Waals surface area contributed by atoms with E-state index < -0.39 is 5.41 Å². The molecule has 0 aliphatic heterocycles. The molecule has 2 N–H and O–H groups in total. The van der Waals surface area contributed by atoms with E-state index in [0.717, 1.165) is 0 Å². The summed E-state index contributed by atoms with van der Waals surface area (Å²) < 4.78 is 0. The summed E-state index contributed by atoms with van der Waals surface area (Å²) in [5.74, 6) is -0.563. The SMILES string of the molecule is C=CCNC(=O)C1(C(=O)Nc2ccc(C#N)cc2)CC1. The van der Waals surface area contributed by atoms with Crippen molar-refractivity contribution in [2.24, 2.45) is 5.41 Å². The second-order valence-electron chi connectivity index (χ2n) is 4.72. The summed E-state index contributed by atoms with van der Waals surface area (Å²) in [6.07, 6.45) is 2.68. The van der Waals surface area contributed by atoms with E-state index in [1.54, 1.807) is 30.3 Å². The van der Waals surface area contributed by atoms with Gasteiger partial charge in [-0.2, -0.15) is 5.26 Å². The van der Waals surface area contributed by atoms with Crippen LogP contribution in [-0.4, -0.2) is 18.4 Å². The maximum atomic E-state index is 12.2. The van der Waals surface area contributed by atoms with E-state index in [4.69, 9.17) is 5.26 Å². The average molecular weight is 269 g/mol. The number of nitriles is 1. The van der Waals surface area contributed by atoms with Gasteiger partial charge in [-0.15, -0.1) is 6.58 Å². The fraction of sp³-hybridized carbons (Fsp3) is 0.267. The molecule has 5 nitrogen and oxygen atoms in total. The van der Waals surface area contributed by atoms with Crippen LogP contribution in [-0.2, 0) is 9.59 Å². The van der Waals surface area contributed by atoms with Crippen LogP contribution in [0, 0.1) is 16.7 Å². The first-order valence-electron chi connectivity index (χ1n) is 6.33. The van der Waals surface area contributed by atoms with Gasteiger partial charge < -0.3 is 10.6 Å². The number of benzene rings is 1. The lowest BCUT2D eigenvalue weighted by Crippen LogP contribution is -2.40. The summed E-state index contributed by atoms with van der Waals surface area (Å²) in [7, 11) is 0. The van der Waals surface area contributed by atoms with Crippen LogP contribution < -0.4 is 10.6 Å². The van der Waals surface area contributed by atoms with Crippen molar-refractivity contribution < 1.29 is 9.59 Å². The summed E-state index contributed by atoms with van der Waals surface area (Å²) in [5, 5.41) is 14.1. The topological polar surface area (TPSA) is 82.0 Å². The molecule has 20 heavy (non-hydrogen) atoms. The minimum absolute atomic E-state index is 0.261. The Morgan fingerprint density at radius 1 is 1.30 bits per heavy atom. The van der Waals surface area contributed by atoms with Crippen molar-refractivity contribution in [3.63, 3.8) is 0 Å². The normalized spacial score (nSPS) is 14.8. The number of rotatable bonds is 5. The van der Waals surface area contributed by atoms with Gasteiger partial charge in [-0.1, -0.05) is 6.08 Å². The zero-order valence-electron chi connectivity index (χ0n) is 11.0. The van der Waals surface area contributed by atoms with Crippen LogP contribution in [0.1, 0.15) is 18.4 Å². The summed E-state index contributed by atoms with van der Waals surface area (Å²) >= 11 is 0. The summed E-state index contributed by atoms with van der Waals surface area (Å²) in [6, 6.07) is 8.54. The number of anilines is 1. The number of hydrogen-bond donors (Lipinski definition) is 2. The molecule has 2 rings (SSSR count). The third kappa shape index (κ3) is 2.69. The third-order valence-corrected chi connectivity index (χ3v) is 3.30. The van der Waals surface area contributed by atoms with Gasteiger partial charge in [0.25, 0.3) is 0 Å². The van der Waals surface area contributed by atoms with Crippen molar-refractivity contribution in [1.29, 1.82) is 5.26 Å². The zero-order chi connectivity index (χ0) is 14.6. The fourth-order valence-corrected chi connectivity index (χ4v) is 1.90. The first-order valence-corrected chi connectivity index (χ1v) is 6.33. The van der Waals surface area contributed by atoms with Gasteiger partial charge in [-0.05, 0) is 37.1 Å². The summed E-state index contributed by atoms with van der Waals surface area (Å²) in [4.78, 5) is 24.1. The lowest BCUT2D eigenvalue weighted by Gasteiger charge is -2.14. The third-order valence-electron chi connectivity index (χ3n) is 3.30. The molecule has 0 heterocycles. The van der Waals surface area contributed by atoms with Crippen molar-refractivity contribution in [3.8, 4) is 6.07 Å². The molecular formula is C15H15N3O2. The second-order valence-corrected chi connectivity index (χ2v) is 4.72. The molecule has 1 aromatic carbocycles. The molecule has 1 aliphatic carbocycles. The second kappa shape index (κ2) is 5.57. The highest BCUT2D eigenvalue weighted by molar-refractivity contribution is 6.13. The largest absolute Gasteiger partial charge is 0.352 e. The number of nitrogens with one attached hydrogen (secondary N) is 2. The highest BCUT2D eigenvalue weighted by atomic mass is 16.2. The molecule has 102 valence electrons. The van der Waals surface area contributed by atoms with Crippen LogP contribution in [0.4, 0.5) is 5.69 Å². The predicted octanol–water partition coefficient (Wildman–Crippen LogP) is 1.58. The van der Waals surface area contributed by atoms with Gasteiger partial charge in [0, 0.05) is 12.2 Å². The van der Waals surface area contributed by atoms with Gasteiger partial charge in [0.1, 0.15) is 5.41 Å². The standard InChI is InChI=1S/C15H15N3O2/c1-2-9-17-13(19)15(7-8-15)14(20)18-12-5-3-11(10-16)4-6-12/h2-6H,1,7-9H2,(H,17,19)(H,18,20). The Morgan fingerprint density at radius 3 is 2.45 bits per heavy atom. The summed E-state index contributed by atoms with van der Waals surface area (Å²) in [5.41, 5.74) is 0.154. The molecule has 5 heteroatoms. The molecule has 1 aromatic rings. The van der Waals surface area contributed by atoms with E-state index >= 15 is 0 Å². The number of carbonyl (C=O) groups is 2. The van der Waals surface area contributed by atoms with Crippen molar-refractivity contribution in [3.05, 3.63) is 42.5 Å². The molecule has 1 aliphatic rings. The molecule has 0 aromatic heterocycles. The Morgan fingerprint density at radius 2 is 1.95 bits per heavy atom. The predicted molar refractivity (Wildman–Crippen MR) is 74.7 cm³/mol. The Kier molecular flexibility index (Phi) is 3.85. The monoisotopic (exact) mass is 269 g/mol. The molecule has 0 unspecified atom stereocenters. The fourth-order valence-electron chi connectivity index (χ4n) is 1.90. The maximum absolute atomic E-state index is 12.2. The number of nitrogens with zero attached hydrogens (tertiary/aromatic N) is 1. The minimum atomic E-state index is -0.948. The molecule has 0 bridgehead atoms. The van der Waals surface area contributed by atoms with E-state index in [1.165, 1.54) is 0 Å². The molecular weight excluding hydrogens is 254 g/mol. The molecule has 0 atom stereocenters. The lowest BCUT2D eigenvalue weighted by molar-refractivity contribution is -0.134. The Labute approximate surface area is 117 Å². The van der Waals surface area contributed by atoms with E-state index in [0.29, 0.717) is 30.6 Å². The van der Waals surface area contributed by atoms with E-state index in [1.807, 2.05) is 6.07 Å². The minimum Gasteiger partial charge on any atom is -0.352 e. The lowest BCUT2D eigenvalue weighted by atomic mass is 10.0. The number of hydrogen-bond acceptors (Lipinski definition) is 3. The van der Waals surface area contributed by atoms with Crippen LogP contribution in [0.25, 0.3) is 0 Å². The van der Waals surface area contributed by atoms with Gasteiger partial charge in [-0.25, -0.2) is 0 Å². The molecule has 0 radical (unpaired) electrons. The van der Waals surface area contributed by atoms with Crippen LogP contribution >= 0.6 is 0 Å². The highest BCUT2D eigenvalue weighted by Gasteiger charge is 2.56. The van der Waals surface area contributed by atoms with Crippen LogP contribution in [0.15, 0.2) is 36.9 Å². The van der Waals surface area contributed by atoms with Gasteiger partial charge in [0.2, 0.25) is 11.8 Å². The van der Waals surface area contributed by atoms with Crippen molar-refractivity contribution in [2.75, 3.05) is 11.9 Å². The van der Waals surface area contributed by atoms with E-state index in [-0.39, 0.29) is 11.8 Å². The molecule has 1 saturated carbocycles. The molecule has 0 spiro atoms. The average Bonchev–Trinajstić information content (AvgIpc) is 3.27. The van der Waals surface area contributed by atoms with Gasteiger partial charge >= 0.3 is 0 Å². The summed E-state index contributed by atoms with van der Waals surface area (Å²) in [6.45, 7) is 3.87. The van der Waals surface area contributed by atoms with Crippen LogP contribution in [0.5, 0.6) is 0 Å². The quantitative estimate of drug-likeness (QED) is 0.629. The van der Waals surface area contributed by atoms with Crippen molar-refractivity contribution in [2.45, 2.75) is 12.8 Å². The molecule has 0 saturated heterocycles. The van der Waals surface area contributed by atoms with Crippen LogP contribution in [0.3, 0.4) is 0 Å². The van der Waals surface area contributed by atoms with Gasteiger partial charge in [0.15, 0.2) is 0 Å². The number of carbonyl (C=O) groups excluding carboxylic acids is 2. The first kappa shape index (κ1) is 13.8. The molecule has 1 fully saturated rings. The van der Waals surface area contributed by atoms with E-state index in [2.05, 4.69) is 17.2 Å². The molecule has 2 amide bonds. The highest BCUT2D eigenvalue weighted by Crippen LogP contribution is 2.46. The Balaban J connectivity index is 2.02.